The Morgan fingerprint density at radius 1 is 1.11 bits per heavy atom. The summed E-state index contributed by atoms with van der Waals surface area (Å²) in [6, 6.07) is 14.1. The molecule has 0 unspecified atom stereocenters. The first-order valence-corrected chi connectivity index (χ1v) is 6.43. The lowest BCUT2D eigenvalue weighted by molar-refractivity contribution is 0.0601. The van der Waals surface area contributed by atoms with E-state index < -0.39 is 0 Å². The molecule has 0 fully saturated rings. The molecule has 0 bridgehead atoms. The maximum absolute atomic E-state index is 11.4. The van der Waals surface area contributed by atoms with E-state index in [1.54, 1.807) is 12.1 Å². The van der Waals surface area contributed by atoms with Gasteiger partial charge in [0.05, 0.1) is 12.7 Å². The number of hydrogen-bond acceptors (Lipinski definition) is 2. The number of hydrogen-bond donors (Lipinski definition) is 0. The van der Waals surface area contributed by atoms with Gasteiger partial charge in [0.1, 0.15) is 7.85 Å². The SMILES string of the molecule is Bc1cc(BC)cc(-c2ccc(C(=O)OC)cc2)c1. The molecular weight excluding hydrogens is 234 g/mol. The highest BCUT2D eigenvalue weighted by Crippen LogP contribution is 2.18. The molecule has 94 valence electrons. The third-order valence-corrected chi connectivity index (χ3v) is 3.18. The van der Waals surface area contributed by atoms with E-state index >= 15 is 0 Å². The smallest absolute Gasteiger partial charge is 0.337 e. The van der Waals surface area contributed by atoms with E-state index in [4.69, 9.17) is 4.74 Å². The Labute approximate surface area is 115 Å². The molecule has 0 spiro atoms. The number of methoxy groups -OCH3 is 1. The van der Waals surface area contributed by atoms with Crippen LogP contribution >= 0.6 is 0 Å². The minimum atomic E-state index is -0.301. The average Bonchev–Trinajstić information content (AvgIpc) is 2.46. The van der Waals surface area contributed by atoms with Crippen molar-refractivity contribution in [2.24, 2.45) is 0 Å². The molecule has 0 saturated heterocycles. The van der Waals surface area contributed by atoms with Gasteiger partial charge < -0.3 is 4.74 Å². The van der Waals surface area contributed by atoms with Gasteiger partial charge in [-0.2, -0.15) is 0 Å². The molecule has 19 heavy (non-hydrogen) atoms. The van der Waals surface area contributed by atoms with Crippen LogP contribution in [-0.4, -0.2) is 28.2 Å². The lowest BCUT2D eigenvalue weighted by atomic mass is 9.70. The molecule has 2 aromatic rings. The number of carbonyl (C=O) groups excluding carboxylic acids is 1. The summed E-state index contributed by atoms with van der Waals surface area (Å²) in [5.74, 6) is -0.301. The third kappa shape index (κ3) is 3.08. The van der Waals surface area contributed by atoms with Crippen molar-refractivity contribution in [3.63, 3.8) is 0 Å². The van der Waals surface area contributed by atoms with Gasteiger partial charge in [0.25, 0.3) is 0 Å². The second kappa shape index (κ2) is 5.79. The van der Waals surface area contributed by atoms with Crippen molar-refractivity contribution in [3.8, 4) is 11.1 Å². The van der Waals surface area contributed by atoms with Crippen LogP contribution in [0.5, 0.6) is 0 Å². The first-order valence-electron chi connectivity index (χ1n) is 6.43. The molecule has 0 radical (unpaired) electrons. The number of esters is 1. The van der Waals surface area contributed by atoms with Gasteiger partial charge >= 0.3 is 5.97 Å². The fourth-order valence-electron chi connectivity index (χ4n) is 2.15. The summed E-state index contributed by atoms with van der Waals surface area (Å²) in [7, 11) is 4.52. The maximum atomic E-state index is 11.4. The zero-order valence-electron chi connectivity index (χ0n) is 11.6. The number of ether oxygens (including phenoxy) is 1. The zero-order chi connectivity index (χ0) is 13.8. The number of carbonyl (C=O) groups is 1. The van der Waals surface area contributed by atoms with Crippen molar-refractivity contribution in [3.05, 3.63) is 48.0 Å². The Bertz CT molecular complexity index is 592. The Balaban J connectivity index is 2.37. The predicted molar refractivity (Wildman–Crippen MR) is 84.0 cm³/mol. The quantitative estimate of drug-likeness (QED) is 0.586. The molecule has 2 aromatic carbocycles. The fourth-order valence-corrected chi connectivity index (χ4v) is 2.15. The van der Waals surface area contributed by atoms with Gasteiger partial charge in [0.2, 0.25) is 0 Å². The van der Waals surface area contributed by atoms with Gasteiger partial charge in [-0.25, -0.2) is 4.79 Å². The monoisotopic (exact) mass is 250 g/mol. The molecule has 0 aliphatic heterocycles. The summed E-state index contributed by atoms with van der Waals surface area (Å²) in [5, 5.41) is 0. The Morgan fingerprint density at radius 3 is 2.37 bits per heavy atom. The highest BCUT2D eigenvalue weighted by Gasteiger charge is 2.06. The van der Waals surface area contributed by atoms with Gasteiger partial charge in [-0.1, -0.05) is 48.1 Å². The molecule has 0 saturated carbocycles. The second-order valence-corrected chi connectivity index (χ2v) is 4.63. The van der Waals surface area contributed by atoms with Crippen LogP contribution in [0.25, 0.3) is 11.1 Å². The summed E-state index contributed by atoms with van der Waals surface area (Å²) in [6.07, 6.45) is 0. The molecule has 0 amide bonds. The van der Waals surface area contributed by atoms with Gasteiger partial charge in [0.15, 0.2) is 7.28 Å². The second-order valence-electron chi connectivity index (χ2n) is 4.63. The average molecular weight is 250 g/mol. The molecule has 0 aromatic heterocycles. The van der Waals surface area contributed by atoms with Crippen molar-refractivity contribution < 1.29 is 9.53 Å². The standard InChI is InChI=1S/C15H16B2O2/c1-17-14-8-12(7-13(16)9-14)10-3-5-11(6-4-10)15(18)19-2/h3-9,17H,16H2,1-2H3. The molecule has 0 aliphatic rings. The Hall–Kier alpha value is -1.96. The summed E-state index contributed by atoms with van der Waals surface area (Å²) < 4.78 is 4.70. The van der Waals surface area contributed by atoms with Crippen LogP contribution < -0.4 is 10.9 Å². The molecule has 4 heteroatoms. The van der Waals surface area contributed by atoms with E-state index in [1.165, 1.54) is 23.6 Å². The lowest BCUT2D eigenvalue weighted by Gasteiger charge is -2.07. The normalized spacial score (nSPS) is 10.0. The third-order valence-electron chi connectivity index (χ3n) is 3.18. The van der Waals surface area contributed by atoms with Crippen LogP contribution in [0.4, 0.5) is 0 Å². The molecule has 0 heterocycles. The van der Waals surface area contributed by atoms with Gasteiger partial charge in [-0.05, 0) is 23.3 Å². The van der Waals surface area contributed by atoms with Crippen LogP contribution in [0.15, 0.2) is 42.5 Å². The summed E-state index contributed by atoms with van der Waals surface area (Å²) in [5.41, 5.74) is 5.47. The van der Waals surface area contributed by atoms with E-state index in [2.05, 4.69) is 32.9 Å². The number of rotatable bonds is 3. The van der Waals surface area contributed by atoms with Crippen molar-refractivity contribution in [1.82, 2.24) is 0 Å². The first-order chi connectivity index (χ1) is 9.13. The molecule has 0 aliphatic carbocycles. The van der Waals surface area contributed by atoms with Gasteiger partial charge in [0, 0.05) is 0 Å². The Kier molecular flexibility index (Phi) is 4.10. The molecule has 0 atom stereocenters. The van der Waals surface area contributed by atoms with E-state index in [0.29, 0.717) is 5.56 Å². The van der Waals surface area contributed by atoms with Crippen molar-refractivity contribution >= 4 is 32.0 Å². The van der Waals surface area contributed by atoms with Crippen molar-refractivity contribution in [2.75, 3.05) is 7.11 Å². The zero-order valence-corrected chi connectivity index (χ0v) is 11.6. The molecule has 2 nitrogen and oxygen atoms in total. The van der Waals surface area contributed by atoms with Crippen LogP contribution in [-0.2, 0) is 4.74 Å². The first kappa shape index (κ1) is 13.5. The summed E-state index contributed by atoms with van der Waals surface area (Å²) in [6.45, 7) is 2.15. The lowest BCUT2D eigenvalue weighted by Crippen LogP contribution is -2.18. The predicted octanol–water partition coefficient (Wildman–Crippen LogP) is 0.508. The van der Waals surface area contributed by atoms with Crippen LogP contribution in [0.1, 0.15) is 10.4 Å². The van der Waals surface area contributed by atoms with E-state index in [9.17, 15) is 4.79 Å². The maximum Gasteiger partial charge on any atom is 0.337 e. The van der Waals surface area contributed by atoms with Gasteiger partial charge in [-0.3, -0.25) is 0 Å². The van der Waals surface area contributed by atoms with E-state index in [1.807, 2.05) is 12.1 Å². The van der Waals surface area contributed by atoms with Crippen LogP contribution in [0.2, 0.25) is 6.82 Å². The topological polar surface area (TPSA) is 26.3 Å². The minimum Gasteiger partial charge on any atom is -0.465 e. The van der Waals surface area contributed by atoms with Crippen molar-refractivity contribution in [2.45, 2.75) is 6.82 Å². The van der Waals surface area contributed by atoms with E-state index in [0.717, 1.165) is 12.8 Å². The van der Waals surface area contributed by atoms with Crippen molar-refractivity contribution in [1.29, 1.82) is 0 Å². The number of benzene rings is 2. The van der Waals surface area contributed by atoms with Crippen LogP contribution in [0, 0.1) is 0 Å². The summed E-state index contributed by atoms with van der Waals surface area (Å²) in [4.78, 5) is 11.4. The molecular formula is C15H16B2O2. The minimum absolute atomic E-state index is 0.301. The van der Waals surface area contributed by atoms with Gasteiger partial charge in [-0.15, -0.1) is 0 Å². The summed E-state index contributed by atoms with van der Waals surface area (Å²) >= 11 is 0. The largest absolute Gasteiger partial charge is 0.465 e. The molecule has 0 N–H and O–H groups in total. The highest BCUT2D eigenvalue weighted by atomic mass is 16.5. The Morgan fingerprint density at radius 2 is 1.79 bits per heavy atom. The van der Waals surface area contributed by atoms with Crippen LogP contribution in [0.3, 0.4) is 0 Å². The van der Waals surface area contributed by atoms with E-state index in [-0.39, 0.29) is 5.97 Å². The molecule has 2 rings (SSSR count). The fraction of sp³-hybridized carbons (Fsp3) is 0.133. The highest BCUT2D eigenvalue weighted by molar-refractivity contribution is 6.53.